The Morgan fingerprint density at radius 3 is 2.55 bits per heavy atom. The quantitative estimate of drug-likeness (QED) is 0.321. The Hall–Kier alpha value is -2.01. The fraction of sp³-hybridized carbons (Fsp3) is 0.409. The summed E-state index contributed by atoms with van der Waals surface area (Å²) in [5.74, 6) is 2.36. The van der Waals surface area contributed by atoms with Gasteiger partial charge < -0.3 is 20.1 Å². The van der Waals surface area contributed by atoms with Gasteiger partial charge in [0.15, 0.2) is 15.8 Å². The van der Waals surface area contributed by atoms with Gasteiger partial charge in [0.05, 0.1) is 12.0 Å². The molecule has 7 nitrogen and oxygen atoms in total. The fourth-order valence-electron chi connectivity index (χ4n) is 3.63. The summed E-state index contributed by atoms with van der Waals surface area (Å²) < 4.78 is 35.0. The Balaban J connectivity index is 0.00000341. The van der Waals surface area contributed by atoms with E-state index < -0.39 is 9.84 Å². The minimum absolute atomic E-state index is 0. The van der Waals surface area contributed by atoms with E-state index in [2.05, 4.69) is 22.5 Å². The summed E-state index contributed by atoms with van der Waals surface area (Å²) in [4.78, 5) is 4.62. The molecule has 0 bridgehead atoms. The highest BCUT2D eigenvalue weighted by Crippen LogP contribution is 2.34. The van der Waals surface area contributed by atoms with E-state index in [9.17, 15) is 8.42 Å². The zero-order chi connectivity index (χ0) is 21.9. The lowest BCUT2D eigenvalue weighted by Crippen LogP contribution is -2.36. The molecular weight excluding hydrogens is 529 g/mol. The van der Waals surface area contributed by atoms with Crippen LogP contribution >= 0.6 is 24.0 Å². The molecule has 0 radical (unpaired) electrons. The molecule has 31 heavy (non-hydrogen) atoms. The highest BCUT2D eigenvalue weighted by Gasteiger charge is 2.21. The largest absolute Gasteiger partial charge is 0.496 e. The van der Waals surface area contributed by atoms with Gasteiger partial charge in [0.1, 0.15) is 17.6 Å². The maximum atomic E-state index is 11.8. The summed E-state index contributed by atoms with van der Waals surface area (Å²) >= 11 is 0. The second-order valence-corrected chi connectivity index (χ2v) is 9.54. The maximum absolute atomic E-state index is 11.8. The van der Waals surface area contributed by atoms with Crippen molar-refractivity contribution in [3.8, 4) is 11.5 Å². The van der Waals surface area contributed by atoms with Crippen LogP contribution in [0.3, 0.4) is 0 Å². The number of nitrogens with one attached hydrogen (secondary N) is 2. The third kappa shape index (κ3) is 6.25. The van der Waals surface area contributed by atoms with Gasteiger partial charge in [-0.1, -0.05) is 12.1 Å². The van der Waals surface area contributed by atoms with Crippen molar-refractivity contribution in [3.63, 3.8) is 0 Å². The monoisotopic (exact) mass is 559 g/mol. The summed E-state index contributed by atoms with van der Waals surface area (Å²) in [5, 5.41) is 6.55. The number of benzene rings is 2. The third-order valence-electron chi connectivity index (χ3n) is 5.07. The van der Waals surface area contributed by atoms with Crippen molar-refractivity contribution in [3.05, 3.63) is 52.6 Å². The number of halogens is 1. The van der Waals surface area contributed by atoms with E-state index in [-0.39, 0.29) is 30.1 Å². The minimum atomic E-state index is -3.22. The minimum Gasteiger partial charge on any atom is -0.496 e. The molecule has 2 aromatic rings. The van der Waals surface area contributed by atoms with Crippen LogP contribution in [-0.2, 0) is 29.3 Å². The molecule has 0 aromatic heterocycles. The summed E-state index contributed by atoms with van der Waals surface area (Å²) in [6.07, 6.45) is 2.29. The number of hydrogen-bond acceptors (Lipinski definition) is 5. The number of aliphatic imine (C=N–C) groups is 1. The molecule has 1 unspecified atom stereocenters. The molecule has 0 saturated heterocycles. The molecule has 1 atom stereocenters. The first-order valence-corrected chi connectivity index (χ1v) is 11.7. The maximum Gasteiger partial charge on any atom is 0.191 e. The number of aryl methyl sites for hydroxylation is 1. The first-order valence-electron chi connectivity index (χ1n) is 9.81. The molecule has 1 heterocycles. The molecule has 0 spiro atoms. The molecule has 9 heteroatoms. The predicted octanol–water partition coefficient (Wildman–Crippen LogP) is 3.21. The molecule has 3 rings (SSSR count). The number of nitrogens with zero attached hydrogens (tertiary/aromatic N) is 1. The zero-order valence-corrected chi connectivity index (χ0v) is 21.6. The molecule has 0 fully saturated rings. The van der Waals surface area contributed by atoms with Crippen LogP contribution in [0, 0.1) is 6.92 Å². The molecule has 0 amide bonds. The van der Waals surface area contributed by atoms with E-state index >= 15 is 0 Å². The first-order chi connectivity index (χ1) is 14.2. The van der Waals surface area contributed by atoms with Gasteiger partial charge >= 0.3 is 0 Å². The highest BCUT2D eigenvalue weighted by molar-refractivity contribution is 14.0. The van der Waals surface area contributed by atoms with Crippen LogP contribution in [-0.4, -0.2) is 40.9 Å². The number of fused-ring (bicyclic) bond motifs is 1. The summed E-state index contributed by atoms with van der Waals surface area (Å²) in [6, 6.07) is 9.39. The molecule has 0 saturated carbocycles. The lowest BCUT2D eigenvalue weighted by molar-refractivity contribution is 0.254. The second kappa shape index (κ2) is 10.5. The van der Waals surface area contributed by atoms with Gasteiger partial charge in [-0.05, 0) is 43.2 Å². The average Bonchev–Trinajstić information content (AvgIpc) is 3.05. The van der Waals surface area contributed by atoms with Crippen molar-refractivity contribution in [2.75, 3.05) is 20.4 Å². The predicted molar refractivity (Wildman–Crippen MR) is 134 cm³/mol. The summed E-state index contributed by atoms with van der Waals surface area (Å²) in [6.45, 7) is 4.91. The van der Waals surface area contributed by atoms with Gasteiger partial charge in [0, 0.05) is 43.9 Å². The van der Waals surface area contributed by atoms with E-state index in [1.54, 1.807) is 27.1 Å². The number of ether oxygens (including phenoxy) is 2. The van der Waals surface area contributed by atoms with E-state index in [4.69, 9.17) is 9.47 Å². The number of sulfone groups is 1. The topological polar surface area (TPSA) is 89.0 Å². The van der Waals surface area contributed by atoms with Crippen LogP contribution in [0.15, 0.2) is 40.2 Å². The smallest absolute Gasteiger partial charge is 0.191 e. The van der Waals surface area contributed by atoms with Crippen LogP contribution in [0.5, 0.6) is 11.5 Å². The Kier molecular flexibility index (Phi) is 8.58. The van der Waals surface area contributed by atoms with Crippen LogP contribution in [0.25, 0.3) is 0 Å². The highest BCUT2D eigenvalue weighted by atomic mass is 127. The van der Waals surface area contributed by atoms with Crippen LogP contribution in [0.4, 0.5) is 0 Å². The molecule has 170 valence electrons. The van der Waals surface area contributed by atoms with Crippen LogP contribution in [0.2, 0.25) is 0 Å². The number of guanidine groups is 1. The van der Waals surface area contributed by atoms with Crippen LogP contribution < -0.4 is 20.1 Å². The Bertz CT molecular complexity index is 1070. The number of methoxy groups -OCH3 is 1. The van der Waals surface area contributed by atoms with Gasteiger partial charge in [-0.2, -0.15) is 0 Å². The molecule has 2 N–H and O–H groups in total. The number of rotatable bonds is 6. The lowest BCUT2D eigenvalue weighted by atomic mass is 10.1. The van der Waals surface area contributed by atoms with Crippen molar-refractivity contribution in [1.29, 1.82) is 0 Å². The zero-order valence-electron chi connectivity index (χ0n) is 18.5. The van der Waals surface area contributed by atoms with Gasteiger partial charge in [-0.15, -0.1) is 24.0 Å². The van der Waals surface area contributed by atoms with Crippen molar-refractivity contribution in [2.24, 2.45) is 4.99 Å². The normalized spacial score (nSPS) is 15.5. The van der Waals surface area contributed by atoms with E-state index in [0.29, 0.717) is 23.9 Å². The SMILES string of the molecule is CN=C(NCc1ccc(S(C)(=O)=O)c(C)c1)NCc1cc2c(cc1OC)CC(C)O2.I. The molecule has 2 aromatic carbocycles. The van der Waals surface area contributed by atoms with Crippen molar-refractivity contribution >= 4 is 39.8 Å². The van der Waals surface area contributed by atoms with Crippen molar-refractivity contribution < 1.29 is 17.9 Å². The molecule has 0 aliphatic carbocycles. The van der Waals surface area contributed by atoms with Crippen molar-refractivity contribution in [2.45, 2.75) is 44.4 Å². The second-order valence-electron chi connectivity index (χ2n) is 7.56. The van der Waals surface area contributed by atoms with E-state index in [0.717, 1.165) is 34.6 Å². The van der Waals surface area contributed by atoms with Gasteiger partial charge in [0.2, 0.25) is 0 Å². The molecule has 1 aliphatic heterocycles. The molecule has 1 aliphatic rings. The Morgan fingerprint density at radius 2 is 1.94 bits per heavy atom. The summed E-state index contributed by atoms with van der Waals surface area (Å²) in [7, 11) is 0.154. The van der Waals surface area contributed by atoms with E-state index in [1.165, 1.54) is 11.8 Å². The Labute approximate surface area is 201 Å². The van der Waals surface area contributed by atoms with Gasteiger partial charge in [0.25, 0.3) is 0 Å². The third-order valence-corrected chi connectivity index (χ3v) is 6.32. The molecular formula is C22H30IN3O4S. The first kappa shape index (κ1) is 25.3. The average molecular weight is 559 g/mol. The lowest BCUT2D eigenvalue weighted by Gasteiger charge is -2.15. The van der Waals surface area contributed by atoms with Crippen LogP contribution in [0.1, 0.15) is 29.2 Å². The van der Waals surface area contributed by atoms with Gasteiger partial charge in [-0.25, -0.2) is 8.42 Å². The summed E-state index contributed by atoms with van der Waals surface area (Å²) in [5.41, 5.74) is 3.86. The van der Waals surface area contributed by atoms with E-state index in [1.807, 2.05) is 24.3 Å². The van der Waals surface area contributed by atoms with Crippen molar-refractivity contribution in [1.82, 2.24) is 10.6 Å². The Morgan fingerprint density at radius 1 is 1.23 bits per heavy atom. The van der Waals surface area contributed by atoms with Gasteiger partial charge in [-0.3, -0.25) is 4.99 Å². The number of hydrogen-bond donors (Lipinski definition) is 2. The standard InChI is InChI=1S/C22H29N3O4S.HI/c1-14-8-16(6-7-21(14)30(5,26)27)12-24-22(23-3)25-13-18-11-20-17(9-15(2)29-20)10-19(18)28-4;/h6-8,10-11,15H,9,12-13H2,1-5H3,(H2,23,24,25);1H. The fourth-order valence-corrected chi connectivity index (χ4v) is 4.59.